The lowest BCUT2D eigenvalue weighted by Gasteiger charge is -2.41. The van der Waals surface area contributed by atoms with Crippen molar-refractivity contribution >= 4 is 0 Å². The molecule has 0 bridgehead atoms. The molecule has 1 saturated carbocycles. The smallest absolute Gasteiger partial charge is 0.0611 e. The Bertz CT molecular complexity index is 210. The number of rotatable bonds is 5. The number of hydrogen-bond donors (Lipinski definition) is 2. The van der Waals surface area contributed by atoms with Crippen molar-refractivity contribution in [3.8, 4) is 0 Å². The molecule has 1 aliphatic rings. The predicted molar refractivity (Wildman–Crippen MR) is 68.3 cm³/mol. The van der Waals surface area contributed by atoms with Crippen LogP contribution in [0.15, 0.2) is 0 Å². The van der Waals surface area contributed by atoms with Gasteiger partial charge in [0.1, 0.15) is 0 Å². The van der Waals surface area contributed by atoms with Gasteiger partial charge < -0.3 is 15.7 Å². The molecule has 0 radical (unpaired) electrons. The zero-order chi connectivity index (χ0) is 12.2. The third-order valence-electron chi connectivity index (χ3n) is 4.09. The van der Waals surface area contributed by atoms with Gasteiger partial charge >= 0.3 is 0 Å². The van der Waals surface area contributed by atoms with E-state index in [0.717, 1.165) is 31.7 Å². The van der Waals surface area contributed by atoms with Gasteiger partial charge in [0.05, 0.1) is 6.61 Å². The molecule has 3 N–H and O–H groups in total. The molecular weight excluding hydrogens is 200 g/mol. The van der Waals surface area contributed by atoms with Crippen molar-refractivity contribution in [1.82, 2.24) is 4.90 Å². The summed E-state index contributed by atoms with van der Waals surface area (Å²) in [7, 11) is 2.19. The lowest BCUT2D eigenvalue weighted by atomic mass is 9.79. The van der Waals surface area contributed by atoms with E-state index in [1.54, 1.807) is 0 Å². The van der Waals surface area contributed by atoms with Gasteiger partial charge in [-0.25, -0.2) is 0 Å². The molecule has 1 rings (SSSR count). The fourth-order valence-corrected chi connectivity index (χ4v) is 2.65. The van der Waals surface area contributed by atoms with Crippen molar-refractivity contribution < 1.29 is 5.11 Å². The number of aliphatic hydroxyl groups excluding tert-OH is 1. The fraction of sp³-hybridized carbons (Fsp3) is 1.00. The minimum Gasteiger partial charge on any atom is -0.394 e. The molecule has 0 aromatic carbocycles. The maximum absolute atomic E-state index is 9.33. The topological polar surface area (TPSA) is 49.5 Å². The molecule has 3 nitrogen and oxygen atoms in total. The highest BCUT2D eigenvalue weighted by atomic mass is 16.3. The van der Waals surface area contributed by atoms with E-state index in [2.05, 4.69) is 25.8 Å². The normalized spacial score (nSPS) is 33.0. The monoisotopic (exact) mass is 228 g/mol. The van der Waals surface area contributed by atoms with E-state index in [4.69, 9.17) is 5.73 Å². The van der Waals surface area contributed by atoms with Crippen LogP contribution in [0.5, 0.6) is 0 Å². The molecule has 0 spiro atoms. The standard InChI is InChI=1S/C13H28N2O/c1-4-11(2)9-15(3)12-6-5-7-13(14,8-12)10-16/h11-12,16H,4-10,14H2,1-3H3. The van der Waals surface area contributed by atoms with E-state index in [1.165, 1.54) is 12.8 Å². The lowest BCUT2D eigenvalue weighted by molar-refractivity contribution is 0.0876. The molecule has 0 saturated heterocycles. The molecule has 0 aromatic heterocycles. The molecule has 0 aliphatic heterocycles. The summed E-state index contributed by atoms with van der Waals surface area (Å²) in [5.74, 6) is 0.744. The summed E-state index contributed by atoms with van der Waals surface area (Å²) in [6.45, 7) is 5.80. The predicted octanol–water partition coefficient (Wildman–Crippen LogP) is 1.60. The Hall–Kier alpha value is -0.120. The first-order chi connectivity index (χ1) is 7.50. The van der Waals surface area contributed by atoms with E-state index in [0.29, 0.717) is 6.04 Å². The van der Waals surface area contributed by atoms with Crippen LogP contribution in [-0.4, -0.2) is 41.8 Å². The summed E-state index contributed by atoms with van der Waals surface area (Å²) < 4.78 is 0. The van der Waals surface area contributed by atoms with Crippen molar-refractivity contribution in [2.24, 2.45) is 11.7 Å². The van der Waals surface area contributed by atoms with E-state index in [9.17, 15) is 5.11 Å². The SMILES string of the molecule is CCC(C)CN(C)C1CCCC(N)(CO)C1. The van der Waals surface area contributed by atoms with Crippen LogP contribution in [0.2, 0.25) is 0 Å². The Kier molecular flexibility index (Phi) is 5.22. The lowest BCUT2D eigenvalue weighted by Crippen LogP contribution is -2.52. The molecule has 0 aromatic rings. The average Bonchev–Trinajstić information content (AvgIpc) is 2.29. The second kappa shape index (κ2) is 5.99. The Morgan fingerprint density at radius 2 is 2.25 bits per heavy atom. The van der Waals surface area contributed by atoms with Gasteiger partial charge in [0.15, 0.2) is 0 Å². The van der Waals surface area contributed by atoms with Crippen molar-refractivity contribution in [1.29, 1.82) is 0 Å². The number of hydrogen-bond acceptors (Lipinski definition) is 3. The van der Waals surface area contributed by atoms with Crippen LogP contribution < -0.4 is 5.73 Å². The van der Waals surface area contributed by atoms with Gasteiger partial charge in [-0.2, -0.15) is 0 Å². The molecule has 1 aliphatic carbocycles. The largest absolute Gasteiger partial charge is 0.394 e. The molecule has 3 heteroatoms. The second-order valence-electron chi connectivity index (χ2n) is 5.72. The third-order valence-corrected chi connectivity index (χ3v) is 4.09. The van der Waals surface area contributed by atoms with E-state index in [-0.39, 0.29) is 12.1 Å². The van der Waals surface area contributed by atoms with Crippen LogP contribution in [0.4, 0.5) is 0 Å². The average molecular weight is 228 g/mol. The minimum atomic E-state index is -0.327. The number of nitrogens with two attached hydrogens (primary N) is 1. The van der Waals surface area contributed by atoms with Crippen LogP contribution in [0, 0.1) is 5.92 Å². The third kappa shape index (κ3) is 3.72. The van der Waals surface area contributed by atoms with Crippen molar-refractivity contribution in [3.63, 3.8) is 0 Å². The van der Waals surface area contributed by atoms with Gasteiger partial charge in [0.2, 0.25) is 0 Å². The van der Waals surface area contributed by atoms with Crippen LogP contribution in [0.3, 0.4) is 0 Å². The zero-order valence-electron chi connectivity index (χ0n) is 11.1. The fourth-order valence-electron chi connectivity index (χ4n) is 2.65. The summed E-state index contributed by atoms with van der Waals surface area (Å²) in [5.41, 5.74) is 5.85. The molecule has 3 unspecified atom stereocenters. The first kappa shape index (κ1) is 13.9. The number of nitrogens with zero attached hydrogens (tertiary/aromatic N) is 1. The van der Waals surface area contributed by atoms with Crippen LogP contribution >= 0.6 is 0 Å². The van der Waals surface area contributed by atoms with Crippen LogP contribution in [-0.2, 0) is 0 Å². The molecule has 0 heterocycles. The van der Waals surface area contributed by atoms with Gasteiger partial charge in [-0.3, -0.25) is 0 Å². The van der Waals surface area contributed by atoms with Crippen LogP contribution in [0.25, 0.3) is 0 Å². The van der Waals surface area contributed by atoms with E-state index >= 15 is 0 Å². The minimum absolute atomic E-state index is 0.126. The molecular formula is C13H28N2O. The molecule has 1 fully saturated rings. The summed E-state index contributed by atoms with van der Waals surface area (Å²) in [5, 5.41) is 9.33. The Morgan fingerprint density at radius 1 is 1.56 bits per heavy atom. The maximum Gasteiger partial charge on any atom is 0.0611 e. The Balaban J connectivity index is 2.47. The Labute approximate surface area is 100 Å². The van der Waals surface area contributed by atoms with Gasteiger partial charge in [-0.1, -0.05) is 20.3 Å². The Morgan fingerprint density at radius 3 is 2.81 bits per heavy atom. The molecule has 96 valence electrons. The summed E-state index contributed by atoms with van der Waals surface area (Å²) in [6.07, 6.45) is 5.51. The highest BCUT2D eigenvalue weighted by Crippen LogP contribution is 2.29. The maximum atomic E-state index is 9.33. The summed E-state index contributed by atoms with van der Waals surface area (Å²) >= 11 is 0. The van der Waals surface area contributed by atoms with E-state index in [1.807, 2.05) is 0 Å². The molecule has 16 heavy (non-hydrogen) atoms. The number of aliphatic hydroxyl groups is 1. The van der Waals surface area contributed by atoms with Crippen molar-refractivity contribution in [3.05, 3.63) is 0 Å². The van der Waals surface area contributed by atoms with Gasteiger partial charge in [0, 0.05) is 18.1 Å². The highest BCUT2D eigenvalue weighted by Gasteiger charge is 2.33. The molecule has 3 atom stereocenters. The quantitative estimate of drug-likeness (QED) is 0.751. The molecule has 0 amide bonds. The van der Waals surface area contributed by atoms with Gasteiger partial charge in [-0.05, 0) is 38.6 Å². The van der Waals surface area contributed by atoms with E-state index < -0.39 is 0 Å². The first-order valence-corrected chi connectivity index (χ1v) is 6.60. The van der Waals surface area contributed by atoms with Crippen molar-refractivity contribution in [2.45, 2.75) is 57.5 Å². The van der Waals surface area contributed by atoms with Crippen LogP contribution in [0.1, 0.15) is 46.0 Å². The first-order valence-electron chi connectivity index (χ1n) is 6.60. The zero-order valence-corrected chi connectivity index (χ0v) is 11.1. The summed E-state index contributed by atoms with van der Waals surface area (Å²) in [4.78, 5) is 2.44. The summed E-state index contributed by atoms with van der Waals surface area (Å²) in [6, 6.07) is 0.555. The van der Waals surface area contributed by atoms with Crippen molar-refractivity contribution in [2.75, 3.05) is 20.2 Å². The second-order valence-corrected chi connectivity index (χ2v) is 5.72. The highest BCUT2D eigenvalue weighted by molar-refractivity contribution is 4.93. The van der Waals surface area contributed by atoms with Gasteiger partial charge in [-0.15, -0.1) is 0 Å². The van der Waals surface area contributed by atoms with Gasteiger partial charge in [0.25, 0.3) is 0 Å².